The summed E-state index contributed by atoms with van der Waals surface area (Å²) in [6.07, 6.45) is 0. The first kappa shape index (κ1) is 18.7. The van der Waals surface area contributed by atoms with Gasteiger partial charge in [0.25, 0.3) is 5.91 Å². The van der Waals surface area contributed by atoms with Gasteiger partial charge in [-0.1, -0.05) is 48.0 Å². The van der Waals surface area contributed by atoms with Crippen molar-refractivity contribution >= 4 is 17.5 Å². The van der Waals surface area contributed by atoms with Crippen LogP contribution in [0.4, 0.5) is 0 Å². The third kappa shape index (κ3) is 5.46. The second kappa shape index (κ2) is 9.57. The van der Waals surface area contributed by atoms with Crippen LogP contribution in [0.3, 0.4) is 0 Å². The molecule has 2 N–H and O–H groups in total. The van der Waals surface area contributed by atoms with E-state index in [1.807, 2.05) is 24.3 Å². The number of nitrogens with one attached hydrogen (secondary N) is 2. The number of hydrogen-bond acceptors (Lipinski definition) is 3. The van der Waals surface area contributed by atoms with E-state index in [0.29, 0.717) is 17.3 Å². The summed E-state index contributed by atoms with van der Waals surface area (Å²) in [5, 5.41) is 3.42. The second-order valence-corrected chi connectivity index (χ2v) is 6.71. The molecule has 1 amide bonds. The van der Waals surface area contributed by atoms with Crippen LogP contribution in [-0.2, 0) is 22.6 Å². The van der Waals surface area contributed by atoms with Crippen LogP contribution >= 0.6 is 11.6 Å². The van der Waals surface area contributed by atoms with E-state index in [9.17, 15) is 4.79 Å². The van der Waals surface area contributed by atoms with Crippen molar-refractivity contribution in [3.63, 3.8) is 0 Å². The van der Waals surface area contributed by atoms with Crippen LogP contribution in [-0.4, -0.2) is 38.8 Å². The number of halogens is 1. The van der Waals surface area contributed by atoms with Gasteiger partial charge in [0.2, 0.25) is 0 Å². The van der Waals surface area contributed by atoms with Gasteiger partial charge in [-0.15, -0.1) is 0 Å². The average Bonchev–Trinajstić information content (AvgIpc) is 2.67. The molecule has 0 spiro atoms. The van der Waals surface area contributed by atoms with Crippen LogP contribution < -0.4 is 15.0 Å². The summed E-state index contributed by atoms with van der Waals surface area (Å²) in [5.74, 6) is 0.346. The van der Waals surface area contributed by atoms with E-state index >= 15 is 0 Å². The Hall–Kier alpha value is -2.08. The second-order valence-electron chi connectivity index (χ2n) is 6.30. The molecule has 1 aliphatic rings. The first-order chi connectivity index (χ1) is 12.7. The third-order valence-corrected chi connectivity index (χ3v) is 4.74. The zero-order valence-corrected chi connectivity index (χ0v) is 15.4. The Morgan fingerprint density at radius 2 is 1.77 bits per heavy atom. The van der Waals surface area contributed by atoms with E-state index in [4.69, 9.17) is 21.1 Å². The number of hydrogen-bond donors (Lipinski definition) is 2. The highest BCUT2D eigenvalue weighted by atomic mass is 35.5. The summed E-state index contributed by atoms with van der Waals surface area (Å²) in [7, 11) is 0. The average molecular weight is 376 g/mol. The maximum Gasteiger partial charge on any atom is 0.258 e. The van der Waals surface area contributed by atoms with Gasteiger partial charge < -0.3 is 19.7 Å². The van der Waals surface area contributed by atoms with Crippen molar-refractivity contribution in [3.8, 4) is 5.75 Å². The van der Waals surface area contributed by atoms with Crippen molar-refractivity contribution < 1.29 is 19.2 Å². The summed E-state index contributed by atoms with van der Waals surface area (Å²) in [4.78, 5) is 13.6. The van der Waals surface area contributed by atoms with Crippen LogP contribution in [0.2, 0.25) is 5.02 Å². The Balaban J connectivity index is 1.51. The number of para-hydroxylation sites is 1. The summed E-state index contributed by atoms with van der Waals surface area (Å²) in [6, 6.07) is 15.4. The molecular formula is C20H24ClN2O3+. The quantitative estimate of drug-likeness (QED) is 0.770. The van der Waals surface area contributed by atoms with Crippen molar-refractivity contribution in [2.24, 2.45) is 0 Å². The van der Waals surface area contributed by atoms with Crippen LogP contribution in [0.1, 0.15) is 11.1 Å². The molecule has 0 unspecified atom stereocenters. The van der Waals surface area contributed by atoms with Gasteiger partial charge in [-0.05, 0) is 17.7 Å². The van der Waals surface area contributed by atoms with Crippen molar-refractivity contribution in [1.82, 2.24) is 5.32 Å². The number of quaternary nitrogens is 1. The van der Waals surface area contributed by atoms with Gasteiger partial charge in [0, 0.05) is 12.1 Å². The Kier molecular flexibility index (Phi) is 6.89. The summed E-state index contributed by atoms with van der Waals surface area (Å²) in [6.45, 7) is 5.05. The SMILES string of the molecule is O=C(COc1ccccc1Cl)NCc1ccccc1C[NH+]1CCOCC1. The van der Waals surface area contributed by atoms with Gasteiger partial charge >= 0.3 is 0 Å². The number of ether oxygens (including phenoxy) is 2. The topological polar surface area (TPSA) is 52.0 Å². The van der Waals surface area contributed by atoms with Gasteiger partial charge in [-0.25, -0.2) is 0 Å². The zero-order valence-electron chi connectivity index (χ0n) is 14.7. The molecule has 0 saturated carbocycles. The minimum absolute atomic E-state index is 0.0549. The van der Waals surface area contributed by atoms with Gasteiger partial charge in [0.15, 0.2) is 6.61 Å². The fourth-order valence-corrected chi connectivity index (χ4v) is 3.15. The molecule has 1 fully saturated rings. The van der Waals surface area contributed by atoms with Crippen molar-refractivity contribution in [3.05, 3.63) is 64.7 Å². The lowest BCUT2D eigenvalue weighted by Gasteiger charge is -2.24. The molecule has 2 aromatic carbocycles. The standard InChI is InChI=1S/C20H23ClN2O3/c21-18-7-3-4-8-19(18)26-15-20(24)22-13-16-5-1-2-6-17(16)14-23-9-11-25-12-10-23/h1-8H,9-15H2,(H,22,24)/p+1. The van der Waals surface area contributed by atoms with E-state index in [1.54, 1.807) is 12.1 Å². The minimum Gasteiger partial charge on any atom is -0.482 e. The van der Waals surface area contributed by atoms with Gasteiger partial charge in [-0.3, -0.25) is 4.79 Å². The molecule has 5 nitrogen and oxygen atoms in total. The number of carbonyl (C=O) groups excluding carboxylic acids is 1. The van der Waals surface area contributed by atoms with Crippen LogP contribution in [0, 0.1) is 0 Å². The van der Waals surface area contributed by atoms with E-state index in [0.717, 1.165) is 38.4 Å². The molecule has 0 atom stereocenters. The predicted octanol–water partition coefficient (Wildman–Crippen LogP) is 1.45. The highest BCUT2D eigenvalue weighted by Gasteiger charge is 2.16. The molecule has 0 radical (unpaired) electrons. The number of rotatable bonds is 7. The highest BCUT2D eigenvalue weighted by Crippen LogP contribution is 2.22. The molecule has 0 bridgehead atoms. The third-order valence-electron chi connectivity index (χ3n) is 4.43. The molecule has 1 saturated heterocycles. The Labute approximate surface area is 158 Å². The molecular weight excluding hydrogens is 352 g/mol. The summed E-state index contributed by atoms with van der Waals surface area (Å²) < 4.78 is 10.9. The maximum absolute atomic E-state index is 12.1. The molecule has 2 aromatic rings. The molecule has 0 aliphatic carbocycles. The van der Waals surface area contributed by atoms with Gasteiger partial charge in [0.1, 0.15) is 25.4 Å². The highest BCUT2D eigenvalue weighted by molar-refractivity contribution is 6.32. The van der Waals surface area contributed by atoms with Gasteiger partial charge in [0.05, 0.1) is 18.2 Å². The smallest absolute Gasteiger partial charge is 0.258 e. The first-order valence-electron chi connectivity index (χ1n) is 8.84. The molecule has 0 aromatic heterocycles. The van der Waals surface area contributed by atoms with E-state index < -0.39 is 0 Å². The number of benzene rings is 2. The maximum atomic E-state index is 12.1. The number of morpholine rings is 1. The fourth-order valence-electron chi connectivity index (χ4n) is 2.96. The molecule has 1 heterocycles. The van der Waals surface area contributed by atoms with Crippen LogP contribution in [0.5, 0.6) is 5.75 Å². The predicted molar refractivity (Wildman–Crippen MR) is 100 cm³/mol. The monoisotopic (exact) mass is 375 g/mol. The first-order valence-corrected chi connectivity index (χ1v) is 9.22. The Morgan fingerprint density at radius 3 is 2.54 bits per heavy atom. The molecule has 3 rings (SSSR count). The van der Waals surface area contributed by atoms with E-state index in [-0.39, 0.29) is 12.5 Å². The molecule has 26 heavy (non-hydrogen) atoms. The zero-order chi connectivity index (χ0) is 18.2. The van der Waals surface area contributed by atoms with Crippen LogP contribution in [0.25, 0.3) is 0 Å². The lowest BCUT2D eigenvalue weighted by atomic mass is 10.1. The Bertz CT molecular complexity index is 733. The minimum atomic E-state index is -0.168. The van der Waals surface area contributed by atoms with Crippen LogP contribution in [0.15, 0.2) is 48.5 Å². The number of amides is 1. The summed E-state index contributed by atoms with van der Waals surface area (Å²) >= 11 is 6.03. The number of carbonyl (C=O) groups is 1. The van der Waals surface area contributed by atoms with E-state index in [2.05, 4.69) is 17.4 Å². The normalized spacial score (nSPS) is 14.8. The van der Waals surface area contributed by atoms with E-state index in [1.165, 1.54) is 10.5 Å². The Morgan fingerprint density at radius 1 is 1.08 bits per heavy atom. The van der Waals surface area contributed by atoms with Crippen molar-refractivity contribution in [2.45, 2.75) is 13.1 Å². The molecule has 138 valence electrons. The fraction of sp³-hybridized carbons (Fsp3) is 0.350. The largest absolute Gasteiger partial charge is 0.482 e. The molecule has 1 aliphatic heterocycles. The summed E-state index contributed by atoms with van der Waals surface area (Å²) in [5.41, 5.74) is 2.40. The molecule has 6 heteroatoms. The lowest BCUT2D eigenvalue weighted by molar-refractivity contribution is -0.921. The van der Waals surface area contributed by atoms with Gasteiger partial charge in [-0.2, -0.15) is 0 Å². The lowest BCUT2D eigenvalue weighted by Crippen LogP contribution is -3.12. The van der Waals surface area contributed by atoms with Crippen molar-refractivity contribution in [1.29, 1.82) is 0 Å². The van der Waals surface area contributed by atoms with Crippen molar-refractivity contribution in [2.75, 3.05) is 32.9 Å².